The van der Waals surface area contributed by atoms with Crippen molar-refractivity contribution in [3.05, 3.63) is 53.2 Å². The van der Waals surface area contributed by atoms with Gasteiger partial charge < -0.3 is 13.9 Å². The Hall–Kier alpha value is -2.31. The summed E-state index contributed by atoms with van der Waals surface area (Å²) in [5.41, 5.74) is 2.22. The normalized spacial score (nSPS) is 17.5. The summed E-state index contributed by atoms with van der Waals surface area (Å²) in [5, 5.41) is 2.03. The van der Waals surface area contributed by atoms with Crippen molar-refractivity contribution < 1.29 is 13.9 Å². The van der Waals surface area contributed by atoms with Crippen molar-refractivity contribution in [2.75, 3.05) is 20.8 Å². The number of benzene rings is 1. The van der Waals surface area contributed by atoms with E-state index in [4.69, 9.17) is 13.9 Å². The number of aromatic nitrogens is 1. The Labute approximate surface area is 157 Å². The molecule has 26 heavy (non-hydrogen) atoms. The molecule has 2 aromatic heterocycles. The monoisotopic (exact) mass is 370 g/mol. The standard InChI is InChI=1S/C20H22N2O3S/c1-23-17-8-7-14(11-18(17)24-2)16-5-3-9-22(16)12-15-13-25-20(21-15)19-6-4-10-26-19/h4,6-8,10-11,13,16H,3,5,9,12H2,1-2H3/t16-/m0/s1. The first-order valence-corrected chi connectivity index (χ1v) is 9.60. The topological polar surface area (TPSA) is 47.7 Å². The molecular weight excluding hydrogens is 348 g/mol. The molecule has 3 aromatic rings. The third-order valence-electron chi connectivity index (χ3n) is 4.80. The average molecular weight is 370 g/mol. The van der Waals surface area contributed by atoms with Gasteiger partial charge >= 0.3 is 0 Å². The van der Waals surface area contributed by atoms with Gasteiger partial charge in [0.25, 0.3) is 0 Å². The molecule has 0 spiro atoms. The van der Waals surface area contributed by atoms with Crippen LogP contribution in [-0.2, 0) is 6.54 Å². The predicted molar refractivity (Wildman–Crippen MR) is 102 cm³/mol. The van der Waals surface area contributed by atoms with Gasteiger partial charge in [-0.05, 0) is 48.5 Å². The van der Waals surface area contributed by atoms with Crippen molar-refractivity contribution in [1.29, 1.82) is 0 Å². The zero-order chi connectivity index (χ0) is 17.9. The number of thiophene rings is 1. The zero-order valence-corrected chi connectivity index (χ0v) is 15.8. The van der Waals surface area contributed by atoms with Crippen molar-refractivity contribution >= 4 is 11.3 Å². The molecule has 0 bridgehead atoms. The predicted octanol–water partition coefficient (Wildman–Crippen LogP) is 4.76. The van der Waals surface area contributed by atoms with Crippen LogP contribution in [0.3, 0.4) is 0 Å². The second kappa shape index (κ2) is 7.51. The highest BCUT2D eigenvalue weighted by Crippen LogP contribution is 2.37. The molecule has 0 radical (unpaired) electrons. The Morgan fingerprint density at radius 3 is 2.88 bits per heavy atom. The number of hydrogen-bond acceptors (Lipinski definition) is 6. The molecule has 0 amide bonds. The minimum Gasteiger partial charge on any atom is -0.493 e. The summed E-state index contributed by atoms with van der Waals surface area (Å²) in [6.45, 7) is 1.84. The Morgan fingerprint density at radius 2 is 2.12 bits per heavy atom. The third kappa shape index (κ3) is 3.34. The molecule has 4 rings (SSSR count). The van der Waals surface area contributed by atoms with Crippen molar-refractivity contribution in [1.82, 2.24) is 9.88 Å². The fourth-order valence-corrected chi connectivity index (χ4v) is 4.21. The summed E-state index contributed by atoms with van der Waals surface area (Å²) < 4.78 is 16.5. The Kier molecular flexibility index (Phi) is 4.95. The molecule has 1 aliphatic heterocycles. The van der Waals surface area contributed by atoms with E-state index in [1.165, 1.54) is 12.0 Å². The molecule has 0 N–H and O–H groups in total. The smallest absolute Gasteiger partial charge is 0.236 e. The van der Waals surface area contributed by atoms with E-state index < -0.39 is 0 Å². The molecule has 6 heteroatoms. The lowest BCUT2D eigenvalue weighted by atomic mass is 10.0. The molecule has 3 heterocycles. The molecule has 1 fully saturated rings. The van der Waals surface area contributed by atoms with E-state index in [0.717, 1.165) is 41.6 Å². The lowest BCUT2D eigenvalue weighted by molar-refractivity contribution is 0.244. The molecule has 1 saturated heterocycles. The number of nitrogens with zero attached hydrogens (tertiary/aromatic N) is 2. The fraction of sp³-hybridized carbons (Fsp3) is 0.350. The van der Waals surface area contributed by atoms with Gasteiger partial charge in [-0.25, -0.2) is 4.98 Å². The Morgan fingerprint density at radius 1 is 1.23 bits per heavy atom. The lowest BCUT2D eigenvalue weighted by Crippen LogP contribution is -2.23. The maximum atomic E-state index is 5.66. The van der Waals surface area contributed by atoms with E-state index >= 15 is 0 Å². The number of oxazole rings is 1. The third-order valence-corrected chi connectivity index (χ3v) is 5.66. The maximum absolute atomic E-state index is 5.66. The molecule has 1 atom stereocenters. The molecule has 0 aliphatic carbocycles. The molecule has 1 aromatic carbocycles. The zero-order valence-electron chi connectivity index (χ0n) is 15.0. The maximum Gasteiger partial charge on any atom is 0.236 e. The number of methoxy groups -OCH3 is 2. The van der Waals surface area contributed by atoms with Crippen LogP contribution in [0.1, 0.15) is 30.1 Å². The van der Waals surface area contributed by atoms with Crippen LogP contribution in [0.2, 0.25) is 0 Å². The SMILES string of the molecule is COc1ccc([C@@H]2CCCN2Cc2coc(-c3cccs3)n2)cc1OC. The van der Waals surface area contributed by atoms with Gasteiger partial charge in [-0.1, -0.05) is 12.1 Å². The van der Waals surface area contributed by atoms with Crippen LogP contribution in [0.5, 0.6) is 11.5 Å². The number of likely N-dealkylation sites (tertiary alicyclic amines) is 1. The molecule has 0 saturated carbocycles. The Bertz CT molecular complexity index is 860. The van der Waals surface area contributed by atoms with Crippen LogP contribution >= 0.6 is 11.3 Å². The molecule has 1 aliphatic rings. The minimum atomic E-state index is 0.358. The Balaban J connectivity index is 1.52. The average Bonchev–Trinajstić information content (AvgIpc) is 3.42. The van der Waals surface area contributed by atoms with Gasteiger partial charge in [-0.15, -0.1) is 11.3 Å². The van der Waals surface area contributed by atoms with Crippen molar-refractivity contribution in [3.8, 4) is 22.3 Å². The second-order valence-corrected chi connectivity index (χ2v) is 7.31. The highest BCUT2D eigenvalue weighted by atomic mass is 32.1. The van der Waals surface area contributed by atoms with E-state index in [1.54, 1.807) is 31.8 Å². The van der Waals surface area contributed by atoms with Crippen LogP contribution in [0.4, 0.5) is 0 Å². The van der Waals surface area contributed by atoms with E-state index in [0.29, 0.717) is 11.9 Å². The van der Waals surface area contributed by atoms with Gasteiger partial charge in [0.2, 0.25) is 5.89 Å². The second-order valence-electron chi connectivity index (χ2n) is 6.36. The van der Waals surface area contributed by atoms with Crippen LogP contribution in [-0.4, -0.2) is 30.6 Å². The molecule has 5 nitrogen and oxygen atoms in total. The summed E-state index contributed by atoms with van der Waals surface area (Å²) in [6, 6.07) is 10.6. The highest BCUT2D eigenvalue weighted by Gasteiger charge is 2.27. The largest absolute Gasteiger partial charge is 0.493 e. The van der Waals surface area contributed by atoms with Gasteiger partial charge in [0.1, 0.15) is 6.26 Å². The molecule has 0 unspecified atom stereocenters. The van der Waals surface area contributed by atoms with E-state index in [-0.39, 0.29) is 0 Å². The number of rotatable bonds is 6. The van der Waals surface area contributed by atoms with Gasteiger partial charge in [0, 0.05) is 12.6 Å². The van der Waals surface area contributed by atoms with Crippen LogP contribution in [0.25, 0.3) is 10.8 Å². The van der Waals surface area contributed by atoms with Gasteiger partial charge in [0.05, 0.1) is 24.8 Å². The van der Waals surface area contributed by atoms with Crippen molar-refractivity contribution in [3.63, 3.8) is 0 Å². The van der Waals surface area contributed by atoms with Crippen LogP contribution in [0, 0.1) is 0 Å². The van der Waals surface area contributed by atoms with E-state index in [1.807, 2.05) is 23.6 Å². The highest BCUT2D eigenvalue weighted by molar-refractivity contribution is 7.13. The first-order chi connectivity index (χ1) is 12.8. The minimum absolute atomic E-state index is 0.358. The lowest BCUT2D eigenvalue weighted by Gasteiger charge is -2.24. The number of hydrogen-bond donors (Lipinski definition) is 0. The summed E-state index contributed by atoms with van der Waals surface area (Å²) in [5.74, 6) is 2.24. The first kappa shape index (κ1) is 17.1. The van der Waals surface area contributed by atoms with Crippen molar-refractivity contribution in [2.24, 2.45) is 0 Å². The summed E-state index contributed by atoms with van der Waals surface area (Å²) in [4.78, 5) is 8.18. The summed E-state index contributed by atoms with van der Waals surface area (Å²) in [6.07, 6.45) is 4.08. The molecular formula is C20H22N2O3S. The van der Waals surface area contributed by atoms with E-state index in [9.17, 15) is 0 Å². The summed E-state index contributed by atoms with van der Waals surface area (Å²) >= 11 is 1.64. The van der Waals surface area contributed by atoms with E-state index in [2.05, 4.69) is 22.0 Å². The summed E-state index contributed by atoms with van der Waals surface area (Å²) in [7, 11) is 3.34. The first-order valence-electron chi connectivity index (χ1n) is 8.72. The van der Waals surface area contributed by atoms with Gasteiger partial charge in [-0.3, -0.25) is 4.90 Å². The van der Waals surface area contributed by atoms with Gasteiger partial charge in [-0.2, -0.15) is 0 Å². The van der Waals surface area contributed by atoms with Crippen LogP contribution in [0.15, 0.2) is 46.4 Å². The van der Waals surface area contributed by atoms with Crippen LogP contribution < -0.4 is 9.47 Å². The van der Waals surface area contributed by atoms with Crippen molar-refractivity contribution in [2.45, 2.75) is 25.4 Å². The van der Waals surface area contributed by atoms with Gasteiger partial charge in [0.15, 0.2) is 11.5 Å². The molecule has 136 valence electrons. The number of ether oxygens (including phenoxy) is 2. The quantitative estimate of drug-likeness (QED) is 0.626. The fourth-order valence-electron chi connectivity index (χ4n) is 3.55.